The van der Waals surface area contributed by atoms with Crippen molar-refractivity contribution < 1.29 is 13.7 Å². The van der Waals surface area contributed by atoms with Gasteiger partial charge >= 0.3 is 0 Å². The normalized spacial score (nSPS) is 11.6. The van der Waals surface area contributed by atoms with Gasteiger partial charge in [0.25, 0.3) is 0 Å². The molecule has 0 bridgehead atoms. The van der Waals surface area contributed by atoms with Gasteiger partial charge in [0.2, 0.25) is 0 Å². The van der Waals surface area contributed by atoms with Gasteiger partial charge in [-0.05, 0) is 30.7 Å². The van der Waals surface area contributed by atoms with Crippen LogP contribution in [0.1, 0.15) is 37.9 Å². The summed E-state index contributed by atoms with van der Waals surface area (Å²) in [6.07, 6.45) is 0. The molecule has 0 radical (unpaired) electrons. The number of aromatic nitrogens is 1. The lowest BCUT2D eigenvalue weighted by Crippen LogP contribution is -2.09. The minimum absolute atomic E-state index is 0.0604. The molecular weight excluding hydrogens is 362 g/mol. The fraction of sp³-hybridized carbons (Fsp3) is 0.240. The predicted octanol–water partition coefficient (Wildman–Crippen LogP) is 6.79. The maximum atomic E-state index is 6.06. The van der Waals surface area contributed by atoms with Crippen LogP contribution in [0.2, 0.25) is 0 Å². The van der Waals surface area contributed by atoms with Crippen molar-refractivity contribution in [2.75, 3.05) is 0 Å². The van der Waals surface area contributed by atoms with E-state index in [1.54, 1.807) is 0 Å². The molecule has 0 amide bonds. The molecule has 0 unspecified atom stereocenters. The van der Waals surface area contributed by atoms with Crippen molar-refractivity contribution in [2.24, 2.45) is 0 Å². The summed E-state index contributed by atoms with van der Waals surface area (Å²) >= 11 is 0. The molecule has 0 aliphatic rings. The van der Waals surface area contributed by atoms with Crippen LogP contribution in [0.4, 0.5) is 0 Å². The van der Waals surface area contributed by atoms with E-state index in [4.69, 9.17) is 13.7 Å². The van der Waals surface area contributed by atoms with Crippen LogP contribution in [0.25, 0.3) is 22.6 Å². The van der Waals surface area contributed by atoms with Crippen LogP contribution in [0.5, 0.6) is 5.75 Å². The van der Waals surface area contributed by atoms with Crippen molar-refractivity contribution in [1.29, 1.82) is 0 Å². The van der Waals surface area contributed by atoms with Crippen LogP contribution >= 0.6 is 0 Å². The molecule has 0 spiro atoms. The lowest BCUT2D eigenvalue weighted by Gasteiger charge is -2.12. The number of para-hydroxylation sites is 1. The molecule has 29 heavy (non-hydrogen) atoms. The first kappa shape index (κ1) is 19.1. The molecule has 0 fully saturated rings. The number of hydrogen-bond acceptors (Lipinski definition) is 4. The van der Waals surface area contributed by atoms with Crippen molar-refractivity contribution in [2.45, 2.75) is 39.7 Å². The van der Waals surface area contributed by atoms with E-state index < -0.39 is 0 Å². The highest BCUT2D eigenvalue weighted by Crippen LogP contribution is 2.30. The SMILES string of the molecule is Cc1cc(-c2ccc(-c3cc(C(C)(C)C)on3)cc2)oc1COc1ccccc1. The van der Waals surface area contributed by atoms with E-state index in [1.165, 1.54) is 0 Å². The summed E-state index contributed by atoms with van der Waals surface area (Å²) in [5.74, 6) is 3.37. The van der Waals surface area contributed by atoms with Crippen molar-refractivity contribution >= 4 is 0 Å². The summed E-state index contributed by atoms with van der Waals surface area (Å²) in [5.41, 5.74) is 3.89. The minimum Gasteiger partial charge on any atom is -0.486 e. The second kappa shape index (κ2) is 7.63. The second-order valence-corrected chi connectivity index (χ2v) is 8.22. The molecule has 0 atom stereocenters. The Hall–Kier alpha value is -3.27. The third-order valence-corrected chi connectivity index (χ3v) is 4.85. The van der Waals surface area contributed by atoms with Gasteiger partial charge in [0, 0.05) is 22.6 Å². The number of nitrogens with zero attached hydrogens (tertiary/aromatic N) is 1. The van der Waals surface area contributed by atoms with Crippen LogP contribution in [0.3, 0.4) is 0 Å². The average molecular weight is 387 g/mol. The average Bonchev–Trinajstić information content (AvgIpc) is 3.35. The lowest BCUT2D eigenvalue weighted by molar-refractivity contribution is 0.271. The quantitative estimate of drug-likeness (QED) is 0.378. The predicted molar refractivity (Wildman–Crippen MR) is 114 cm³/mol. The van der Waals surface area contributed by atoms with Crippen LogP contribution < -0.4 is 4.74 Å². The first-order valence-corrected chi connectivity index (χ1v) is 9.75. The molecule has 2 aromatic heterocycles. The van der Waals surface area contributed by atoms with E-state index in [1.807, 2.05) is 73.7 Å². The van der Waals surface area contributed by atoms with Gasteiger partial charge in [-0.1, -0.05) is 68.4 Å². The standard InChI is InChI=1S/C25H25NO3/c1-17-14-22(28-23(17)16-27-20-8-6-5-7-9-20)19-12-10-18(11-13-19)21-15-24(29-26-21)25(2,3)4/h5-15H,16H2,1-4H3. The molecule has 0 saturated heterocycles. The lowest BCUT2D eigenvalue weighted by atomic mass is 9.93. The first-order valence-electron chi connectivity index (χ1n) is 9.75. The van der Waals surface area contributed by atoms with Crippen molar-refractivity contribution in [3.63, 3.8) is 0 Å². The smallest absolute Gasteiger partial charge is 0.146 e. The van der Waals surface area contributed by atoms with E-state index in [2.05, 4.69) is 25.9 Å². The zero-order chi connectivity index (χ0) is 20.4. The van der Waals surface area contributed by atoms with Gasteiger partial charge in [0.05, 0.1) is 0 Å². The van der Waals surface area contributed by atoms with Crippen LogP contribution in [0.15, 0.2) is 75.7 Å². The molecular formula is C25H25NO3. The summed E-state index contributed by atoms with van der Waals surface area (Å²) in [5, 5.41) is 4.21. The molecule has 0 aliphatic heterocycles. The summed E-state index contributed by atoms with van der Waals surface area (Å²) in [4.78, 5) is 0. The number of rotatable bonds is 5. The van der Waals surface area contributed by atoms with Crippen molar-refractivity contribution in [3.8, 4) is 28.3 Å². The Balaban J connectivity index is 1.50. The number of hydrogen-bond donors (Lipinski definition) is 0. The van der Waals surface area contributed by atoms with Crippen molar-refractivity contribution in [3.05, 3.63) is 83.8 Å². The molecule has 4 rings (SSSR count). The van der Waals surface area contributed by atoms with Crippen LogP contribution in [0, 0.1) is 6.92 Å². The Kier molecular flexibility index (Phi) is 5.01. The monoisotopic (exact) mass is 387 g/mol. The molecule has 148 valence electrons. The van der Waals surface area contributed by atoms with Crippen molar-refractivity contribution in [1.82, 2.24) is 5.16 Å². The zero-order valence-electron chi connectivity index (χ0n) is 17.2. The molecule has 4 nitrogen and oxygen atoms in total. The minimum atomic E-state index is -0.0604. The summed E-state index contributed by atoms with van der Waals surface area (Å²) < 4.78 is 17.4. The molecule has 0 aliphatic carbocycles. The van der Waals surface area contributed by atoms with Gasteiger partial charge in [-0.15, -0.1) is 0 Å². The Bertz CT molecular complexity index is 1080. The molecule has 0 saturated carbocycles. The molecule has 4 heteroatoms. The van der Waals surface area contributed by atoms with Gasteiger partial charge in [-0.2, -0.15) is 0 Å². The summed E-state index contributed by atoms with van der Waals surface area (Å²) in [6, 6.07) is 22.0. The first-order chi connectivity index (χ1) is 13.9. The second-order valence-electron chi connectivity index (χ2n) is 8.22. The van der Waals surface area contributed by atoms with E-state index in [-0.39, 0.29) is 5.41 Å². The van der Waals surface area contributed by atoms with Crippen LogP contribution in [-0.2, 0) is 12.0 Å². The highest BCUT2D eigenvalue weighted by Gasteiger charge is 2.20. The molecule has 2 aromatic carbocycles. The Morgan fingerprint density at radius 2 is 1.59 bits per heavy atom. The molecule has 4 aromatic rings. The maximum Gasteiger partial charge on any atom is 0.146 e. The highest BCUT2D eigenvalue weighted by atomic mass is 16.5. The third-order valence-electron chi connectivity index (χ3n) is 4.85. The number of ether oxygens (including phenoxy) is 1. The molecule has 2 heterocycles. The van der Waals surface area contributed by atoms with Gasteiger partial charge in [0.15, 0.2) is 0 Å². The van der Waals surface area contributed by atoms with E-state index >= 15 is 0 Å². The molecule has 0 N–H and O–H groups in total. The Morgan fingerprint density at radius 1 is 0.897 bits per heavy atom. The van der Waals surface area contributed by atoms with E-state index in [0.717, 1.165) is 45.4 Å². The van der Waals surface area contributed by atoms with Gasteiger partial charge in [0.1, 0.15) is 35.3 Å². The van der Waals surface area contributed by atoms with Gasteiger partial charge in [-0.25, -0.2) is 0 Å². The van der Waals surface area contributed by atoms with Crippen LogP contribution in [-0.4, -0.2) is 5.16 Å². The highest BCUT2D eigenvalue weighted by molar-refractivity contribution is 5.66. The zero-order valence-corrected chi connectivity index (χ0v) is 17.2. The largest absolute Gasteiger partial charge is 0.486 e. The number of furan rings is 1. The Morgan fingerprint density at radius 3 is 2.24 bits per heavy atom. The Labute approximate surface area is 171 Å². The maximum absolute atomic E-state index is 6.06. The fourth-order valence-electron chi connectivity index (χ4n) is 3.04. The van der Waals surface area contributed by atoms with E-state index in [9.17, 15) is 0 Å². The van der Waals surface area contributed by atoms with Gasteiger partial charge < -0.3 is 13.7 Å². The summed E-state index contributed by atoms with van der Waals surface area (Å²) in [7, 11) is 0. The van der Waals surface area contributed by atoms with E-state index in [0.29, 0.717) is 6.61 Å². The topological polar surface area (TPSA) is 48.4 Å². The fourth-order valence-corrected chi connectivity index (χ4v) is 3.04. The third kappa shape index (κ3) is 4.27. The number of benzene rings is 2. The number of aryl methyl sites for hydroxylation is 1. The summed E-state index contributed by atoms with van der Waals surface area (Å²) in [6.45, 7) is 8.77. The van der Waals surface area contributed by atoms with Gasteiger partial charge in [-0.3, -0.25) is 0 Å².